The zero-order valence-corrected chi connectivity index (χ0v) is 15.0. The number of ketones is 1. The lowest BCUT2D eigenvalue weighted by Crippen LogP contribution is -2.33. The smallest absolute Gasteiger partial charge is 0.251 e. The lowest BCUT2D eigenvalue weighted by Gasteiger charge is -2.12. The first-order valence-electron chi connectivity index (χ1n) is 7.92. The fraction of sp³-hybridized carbons (Fsp3) is 0.263. The van der Waals surface area contributed by atoms with Crippen LogP contribution in [0.1, 0.15) is 23.7 Å². The van der Waals surface area contributed by atoms with Crippen molar-refractivity contribution in [1.82, 2.24) is 5.32 Å². The molecular formula is C19H21NO4S. The van der Waals surface area contributed by atoms with Gasteiger partial charge < -0.3 is 5.32 Å². The first-order chi connectivity index (χ1) is 11.8. The maximum absolute atomic E-state index is 12.1. The molecular weight excluding hydrogens is 338 g/mol. The zero-order valence-electron chi connectivity index (χ0n) is 14.2. The van der Waals surface area contributed by atoms with Crippen LogP contribution in [0.25, 0.3) is 11.1 Å². The van der Waals surface area contributed by atoms with E-state index in [2.05, 4.69) is 5.32 Å². The number of hydrogen-bond donors (Lipinski definition) is 1. The van der Waals surface area contributed by atoms with Gasteiger partial charge in [-0.25, -0.2) is 8.42 Å². The molecule has 0 aliphatic rings. The fourth-order valence-electron chi connectivity index (χ4n) is 2.58. The number of hydrogen-bond acceptors (Lipinski definition) is 4. The van der Waals surface area contributed by atoms with Crippen LogP contribution >= 0.6 is 0 Å². The Bertz CT molecular complexity index is 843. The second kappa shape index (κ2) is 8.07. The second-order valence-corrected chi connectivity index (χ2v) is 8.14. The Hall–Kier alpha value is -2.47. The van der Waals surface area contributed by atoms with Crippen LogP contribution in [0.15, 0.2) is 54.6 Å². The molecule has 1 N–H and O–H groups in total. The van der Waals surface area contributed by atoms with Gasteiger partial charge >= 0.3 is 0 Å². The lowest BCUT2D eigenvalue weighted by atomic mass is 10.0. The maximum atomic E-state index is 12.1. The Morgan fingerprint density at radius 2 is 1.52 bits per heavy atom. The molecule has 25 heavy (non-hydrogen) atoms. The average Bonchev–Trinajstić information content (AvgIpc) is 2.58. The van der Waals surface area contributed by atoms with Gasteiger partial charge in [-0.1, -0.05) is 42.5 Å². The van der Waals surface area contributed by atoms with Crippen molar-refractivity contribution in [2.45, 2.75) is 18.6 Å². The van der Waals surface area contributed by atoms with E-state index >= 15 is 0 Å². The molecule has 2 rings (SSSR count). The fourth-order valence-corrected chi connectivity index (χ4v) is 3.73. The van der Waals surface area contributed by atoms with Gasteiger partial charge in [0.25, 0.3) is 5.91 Å². The van der Waals surface area contributed by atoms with Crippen molar-refractivity contribution in [3.8, 4) is 11.1 Å². The standard InChI is InChI=1S/C19H21NO4S/c1-14(21)18(25(2,23)24)12-13-20-19(22)17-10-8-16(9-11-17)15-6-4-3-5-7-15/h3-11,18H,12-13H2,1-2H3,(H,20,22). The molecule has 132 valence electrons. The number of nitrogens with one attached hydrogen (secondary N) is 1. The summed E-state index contributed by atoms with van der Waals surface area (Å²) in [5, 5.41) is 1.58. The summed E-state index contributed by atoms with van der Waals surface area (Å²) in [6.45, 7) is 1.37. The molecule has 0 aliphatic heterocycles. The topological polar surface area (TPSA) is 80.3 Å². The average molecular weight is 359 g/mol. The summed E-state index contributed by atoms with van der Waals surface area (Å²) in [7, 11) is -3.46. The van der Waals surface area contributed by atoms with E-state index in [1.54, 1.807) is 12.1 Å². The molecule has 0 saturated carbocycles. The van der Waals surface area contributed by atoms with E-state index in [0.29, 0.717) is 5.56 Å². The Balaban J connectivity index is 1.96. The molecule has 0 spiro atoms. The van der Waals surface area contributed by atoms with Crippen molar-refractivity contribution in [2.75, 3.05) is 12.8 Å². The first-order valence-corrected chi connectivity index (χ1v) is 9.87. The van der Waals surface area contributed by atoms with Gasteiger partial charge in [-0.05, 0) is 36.6 Å². The third-order valence-electron chi connectivity index (χ3n) is 3.92. The van der Waals surface area contributed by atoms with Crippen molar-refractivity contribution >= 4 is 21.5 Å². The highest BCUT2D eigenvalue weighted by Gasteiger charge is 2.25. The highest BCUT2D eigenvalue weighted by Crippen LogP contribution is 2.19. The van der Waals surface area contributed by atoms with Gasteiger partial charge in [0.1, 0.15) is 11.0 Å². The molecule has 2 aromatic carbocycles. The van der Waals surface area contributed by atoms with E-state index < -0.39 is 20.9 Å². The molecule has 0 radical (unpaired) electrons. The van der Waals surface area contributed by atoms with E-state index in [4.69, 9.17) is 0 Å². The lowest BCUT2D eigenvalue weighted by molar-refractivity contribution is -0.116. The molecule has 0 bridgehead atoms. The van der Waals surface area contributed by atoms with Gasteiger partial charge in [-0.2, -0.15) is 0 Å². The molecule has 5 nitrogen and oxygen atoms in total. The Morgan fingerprint density at radius 1 is 0.960 bits per heavy atom. The van der Waals surface area contributed by atoms with Crippen LogP contribution in [-0.2, 0) is 14.6 Å². The summed E-state index contributed by atoms with van der Waals surface area (Å²) < 4.78 is 23.1. The minimum atomic E-state index is -3.46. The minimum absolute atomic E-state index is 0.0714. The number of Topliss-reactive ketones (excluding diaryl/α,β-unsaturated/α-hetero) is 1. The van der Waals surface area contributed by atoms with Gasteiger partial charge in [-0.3, -0.25) is 9.59 Å². The second-order valence-electron chi connectivity index (χ2n) is 5.92. The van der Waals surface area contributed by atoms with E-state index in [1.165, 1.54) is 6.92 Å². The van der Waals surface area contributed by atoms with Gasteiger partial charge in [0.2, 0.25) is 0 Å². The van der Waals surface area contributed by atoms with E-state index in [9.17, 15) is 18.0 Å². The van der Waals surface area contributed by atoms with Crippen LogP contribution in [0, 0.1) is 0 Å². The van der Waals surface area contributed by atoms with Crippen molar-refractivity contribution in [3.63, 3.8) is 0 Å². The predicted octanol–water partition coefficient (Wildman–Crippen LogP) is 2.48. The number of benzene rings is 2. The molecule has 1 unspecified atom stereocenters. The first kappa shape index (κ1) is 18.9. The van der Waals surface area contributed by atoms with Crippen molar-refractivity contribution in [1.29, 1.82) is 0 Å². The molecule has 1 amide bonds. The van der Waals surface area contributed by atoms with Crippen LogP contribution in [0.5, 0.6) is 0 Å². The van der Waals surface area contributed by atoms with E-state index in [0.717, 1.165) is 17.4 Å². The monoisotopic (exact) mass is 359 g/mol. The number of rotatable bonds is 7. The van der Waals surface area contributed by atoms with Crippen LogP contribution in [0.2, 0.25) is 0 Å². The normalized spacial score (nSPS) is 12.4. The number of carbonyl (C=O) groups is 2. The summed E-state index contributed by atoms with van der Waals surface area (Å²) in [6.07, 6.45) is 1.10. The highest BCUT2D eigenvalue weighted by molar-refractivity contribution is 7.92. The van der Waals surface area contributed by atoms with Crippen LogP contribution in [0.4, 0.5) is 0 Å². The predicted molar refractivity (Wildman–Crippen MR) is 98.1 cm³/mol. The minimum Gasteiger partial charge on any atom is -0.352 e. The summed E-state index contributed by atoms with van der Waals surface area (Å²) in [5.41, 5.74) is 2.55. The summed E-state index contributed by atoms with van der Waals surface area (Å²) in [6, 6.07) is 17.0. The van der Waals surface area contributed by atoms with Crippen LogP contribution in [0.3, 0.4) is 0 Å². The van der Waals surface area contributed by atoms with Crippen molar-refractivity contribution < 1.29 is 18.0 Å². The van der Waals surface area contributed by atoms with Crippen molar-refractivity contribution in [2.24, 2.45) is 0 Å². The molecule has 0 saturated heterocycles. The number of carbonyl (C=O) groups excluding carboxylic acids is 2. The molecule has 2 aromatic rings. The van der Waals surface area contributed by atoms with E-state index in [-0.39, 0.29) is 18.9 Å². The van der Waals surface area contributed by atoms with E-state index in [1.807, 2.05) is 42.5 Å². The van der Waals surface area contributed by atoms with Gasteiger partial charge in [0, 0.05) is 18.4 Å². The molecule has 1 atom stereocenters. The summed E-state index contributed by atoms with van der Waals surface area (Å²) in [4.78, 5) is 23.6. The van der Waals surface area contributed by atoms with Gasteiger partial charge in [0.15, 0.2) is 9.84 Å². The summed E-state index contributed by atoms with van der Waals surface area (Å²) >= 11 is 0. The quantitative estimate of drug-likeness (QED) is 0.823. The maximum Gasteiger partial charge on any atom is 0.251 e. The molecule has 0 fully saturated rings. The number of amides is 1. The third-order valence-corrected chi connectivity index (χ3v) is 5.52. The van der Waals surface area contributed by atoms with Gasteiger partial charge in [-0.15, -0.1) is 0 Å². The van der Waals surface area contributed by atoms with Crippen LogP contribution < -0.4 is 5.32 Å². The number of sulfone groups is 1. The van der Waals surface area contributed by atoms with Crippen molar-refractivity contribution in [3.05, 3.63) is 60.2 Å². The summed E-state index contributed by atoms with van der Waals surface area (Å²) in [5.74, 6) is -0.709. The zero-order chi connectivity index (χ0) is 18.4. The largest absolute Gasteiger partial charge is 0.352 e. The molecule has 6 heteroatoms. The van der Waals surface area contributed by atoms with Crippen LogP contribution in [-0.4, -0.2) is 38.2 Å². The molecule has 0 heterocycles. The highest BCUT2D eigenvalue weighted by atomic mass is 32.2. The Morgan fingerprint density at radius 3 is 2.04 bits per heavy atom. The third kappa shape index (κ3) is 5.26. The van der Waals surface area contributed by atoms with Gasteiger partial charge in [0.05, 0.1) is 0 Å². The molecule has 0 aromatic heterocycles. The SMILES string of the molecule is CC(=O)C(CCNC(=O)c1ccc(-c2ccccc2)cc1)S(C)(=O)=O. The Labute approximate surface area is 148 Å². The molecule has 0 aliphatic carbocycles. The Kier molecular flexibility index (Phi) is 6.09.